The van der Waals surface area contributed by atoms with Crippen molar-refractivity contribution in [3.63, 3.8) is 0 Å². The molecule has 3 aliphatic carbocycles. The number of allylic oxidation sites excluding steroid dienone is 15. The van der Waals surface area contributed by atoms with Gasteiger partial charge in [-0.3, -0.25) is 19.3 Å². The lowest BCUT2D eigenvalue weighted by atomic mass is 9.89. The van der Waals surface area contributed by atoms with Crippen LogP contribution < -0.4 is 0 Å². The van der Waals surface area contributed by atoms with Crippen LogP contribution in [0.3, 0.4) is 0 Å². The molecule has 0 bridgehead atoms. The summed E-state index contributed by atoms with van der Waals surface area (Å²) in [6.07, 6.45) is 31.4. The van der Waals surface area contributed by atoms with Crippen molar-refractivity contribution in [1.29, 1.82) is 0 Å². The molecule has 0 aromatic carbocycles. The largest absolute Gasteiger partial charge is 0.308 e. The molecule has 2 heterocycles. The van der Waals surface area contributed by atoms with Gasteiger partial charge in [0.15, 0.2) is 0 Å². The Morgan fingerprint density at radius 2 is 1.19 bits per heavy atom. The summed E-state index contributed by atoms with van der Waals surface area (Å²) < 4.78 is 0. The topological polar surface area (TPSA) is 57.7 Å². The Bertz CT molecular complexity index is 1790. The highest BCUT2D eigenvalue weighted by molar-refractivity contribution is 6.20. The second-order valence-electron chi connectivity index (χ2n) is 16.0. The van der Waals surface area contributed by atoms with E-state index < -0.39 is 0 Å². The molecule has 276 valence electrons. The summed E-state index contributed by atoms with van der Waals surface area (Å²) in [6, 6.07) is 0. The molecule has 2 aliphatic heterocycles. The van der Waals surface area contributed by atoms with Crippen LogP contribution in [0, 0.1) is 5.92 Å². The van der Waals surface area contributed by atoms with E-state index in [1.165, 1.54) is 38.3 Å². The second kappa shape index (κ2) is 18.0. The lowest BCUT2D eigenvalue weighted by Gasteiger charge is -2.27. The Labute approximate surface area is 313 Å². The average molecular weight is 701 g/mol. The number of carbonyl (C=O) groups excluding carboxylic acids is 3. The quantitative estimate of drug-likeness (QED) is 0.119. The zero-order valence-corrected chi connectivity index (χ0v) is 32.7. The van der Waals surface area contributed by atoms with Crippen molar-refractivity contribution in [2.45, 2.75) is 125 Å². The molecule has 0 N–H and O–H groups in total. The Morgan fingerprint density at radius 1 is 0.673 bits per heavy atom. The van der Waals surface area contributed by atoms with E-state index in [1.807, 2.05) is 17.1 Å². The normalized spacial score (nSPS) is 20.7. The molecular weight excluding hydrogens is 641 g/mol. The van der Waals surface area contributed by atoms with E-state index in [4.69, 9.17) is 0 Å². The predicted molar refractivity (Wildman–Crippen MR) is 215 cm³/mol. The van der Waals surface area contributed by atoms with Gasteiger partial charge in [0, 0.05) is 29.0 Å². The van der Waals surface area contributed by atoms with Crippen LogP contribution >= 0.6 is 0 Å². The number of imide groups is 1. The van der Waals surface area contributed by atoms with Crippen molar-refractivity contribution in [3.8, 4) is 0 Å². The zero-order chi connectivity index (χ0) is 37.4. The Kier molecular flexibility index (Phi) is 13.5. The van der Waals surface area contributed by atoms with Crippen molar-refractivity contribution < 1.29 is 14.4 Å². The van der Waals surface area contributed by atoms with Crippen molar-refractivity contribution >= 4 is 17.7 Å². The number of nitrogens with zero attached hydrogens (tertiary/aromatic N) is 2. The van der Waals surface area contributed by atoms with Crippen LogP contribution in [0.2, 0.25) is 0 Å². The van der Waals surface area contributed by atoms with Crippen molar-refractivity contribution in [1.82, 2.24) is 9.80 Å². The van der Waals surface area contributed by atoms with E-state index in [0.29, 0.717) is 49.9 Å². The molecule has 0 fully saturated rings. The smallest absolute Gasteiger partial charge is 0.257 e. The van der Waals surface area contributed by atoms with Crippen molar-refractivity contribution in [2.75, 3.05) is 13.1 Å². The van der Waals surface area contributed by atoms with Crippen LogP contribution in [0.25, 0.3) is 0 Å². The van der Waals surface area contributed by atoms with Crippen molar-refractivity contribution in [2.24, 2.45) is 5.92 Å². The van der Waals surface area contributed by atoms with E-state index in [9.17, 15) is 14.4 Å². The van der Waals surface area contributed by atoms with E-state index in [1.54, 1.807) is 0 Å². The first-order valence-corrected chi connectivity index (χ1v) is 19.5. The predicted octanol–water partition coefficient (Wildman–Crippen LogP) is 11.2. The van der Waals surface area contributed by atoms with Crippen LogP contribution in [-0.4, -0.2) is 40.6 Å². The molecule has 52 heavy (non-hydrogen) atoms. The summed E-state index contributed by atoms with van der Waals surface area (Å²) >= 11 is 0. The van der Waals surface area contributed by atoms with Gasteiger partial charge in [0.25, 0.3) is 17.7 Å². The number of amides is 3. The molecule has 5 aliphatic rings. The minimum Gasteiger partial charge on any atom is -0.308 e. The summed E-state index contributed by atoms with van der Waals surface area (Å²) in [7, 11) is 0. The Balaban J connectivity index is 1.08. The van der Waals surface area contributed by atoms with Crippen LogP contribution in [0.5, 0.6) is 0 Å². The highest BCUT2D eigenvalue weighted by Gasteiger charge is 2.40. The molecule has 5 rings (SSSR count). The summed E-state index contributed by atoms with van der Waals surface area (Å²) in [5.74, 6) is -0.107. The van der Waals surface area contributed by atoms with Gasteiger partial charge in [-0.25, -0.2) is 0 Å². The third-order valence-electron chi connectivity index (χ3n) is 11.0. The van der Waals surface area contributed by atoms with Crippen LogP contribution in [0.1, 0.15) is 125 Å². The van der Waals surface area contributed by atoms with Gasteiger partial charge < -0.3 is 4.90 Å². The highest BCUT2D eigenvalue weighted by Crippen LogP contribution is 2.40. The molecule has 0 radical (unpaired) electrons. The minimum atomic E-state index is -0.144. The van der Waals surface area contributed by atoms with E-state index in [-0.39, 0.29) is 23.6 Å². The van der Waals surface area contributed by atoms with Gasteiger partial charge in [-0.1, -0.05) is 94.7 Å². The molecule has 0 saturated heterocycles. The number of rotatable bonds is 16. The minimum absolute atomic E-state index is 0.0780. The first-order chi connectivity index (χ1) is 24.9. The van der Waals surface area contributed by atoms with Gasteiger partial charge in [0.1, 0.15) is 0 Å². The Morgan fingerprint density at radius 3 is 1.77 bits per heavy atom. The first-order valence-electron chi connectivity index (χ1n) is 19.5. The van der Waals surface area contributed by atoms with Gasteiger partial charge in [0.05, 0.1) is 6.54 Å². The third-order valence-corrected chi connectivity index (χ3v) is 11.0. The second-order valence-corrected chi connectivity index (χ2v) is 16.0. The Hall–Kier alpha value is -4.25. The van der Waals surface area contributed by atoms with Crippen LogP contribution in [-0.2, 0) is 14.4 Å². The molecule has 0 aromatic heterocycles. The van der Waals surface area contributed by atoms with E-state index in [0.717, 1.165) is 80.2 Å². The number of hydrogen-bond donors (Lipinski definition) is 0. The lowest BCUT2D eigenvalue weighted by molar-refractivity contribution is -0.137. The summed E-state index contributed by atoms with van der Waals surface area (Å²) in [5.41, 5.74) is 13.4. The first kappa shape index (κ1) is 39.0. The maximum atomic E-state index is 13.6. The zero-order valence-electron chi connectivity index (χ0n) is 32.7. The number of carbonyl (C=O) groups is 3. The summed E-state index contributed by atoms with van der Waals surface area (Å²) in [5, 5.41) is 0. The van der Waals surface area contributed by atoms with Gasteiger partial charge in [-0.05, 0) is 142 Å². The molecule has 0 aromatic rings. The fourth-order valence-corrected chi connectivity index (χ4v) is 7.94. The molecule has 3 amide bonds. The average Bonchev–Trinajstić information content (AvgIpc) is 3.47. The fraction of sp³-hybridized carbons (Fsp3) is 0.468. The molecule has 5 heteroatoms. The van der Waals surface area contributed by atoms with Crippen LogP contribution in [0.4, 0.5) is 0 Å². The van der Waals surface area contributed by atoms with Crippen molar-refractivity contribution in [3.05, 3.63) is 128 Å². The monoisotopic (exact) mass is 700 g/mol. The molecule has 1 atom stereocenters. The third kappa shape index (κ3) is 9.99. The lowest BCUT2D eigenvalue weighted by Crippen LogP contribution is -2.35. The maximum absolute atomic E-state index is 13.6. The molecule has 5 nitrogen and oxygen atoms in total. The van der Waals surface area contributed by atoms with Gasteiger partial charge in [-0.15, -0.1) is 0 Å². The summed E-state index contributed by atoms with van der Waals surface area (Å²) in [6.45, 7) is 18.2. The molecule has 0 saturated carbocycles. The van der Waals surface area contributed by atoms with Gasteiger partial charge >= 0.3 is 0 Å². The molecule has 1 unspecified atom stereocenters. The van der Waals surface area contributed by atoms with Crippen LogP contribution in [0.15, 0.2) is 128 Å². The SMILES string of the molecule is C=C1C2=C(CC=C(CCC=C(C)CCC=C(C)C)C2)C(=O)N1CC1C=CC=C(CN2C(=O)C3=C(CC(CCC=C(C)CCC=C(C)C)=CC3)C2=O)C1. The standard InChI is InChI=1S/C47H60N2O3/c1-32(2)13-8-15-34(5)17-10-19-37-23-25-41-43(28-37)36(7)48(45(41)50)30-39-21-12-22-40(27-39)31-49-46(51)42-26-24-38(29-44(42)47(49)52)20-11-18-35(6)16-9-14-33(3)4/h12-14,17-18,21-24,39H,7-11,15-16,19-20,25-31H2,1-6H3. The number of hydrogen-bond acceptors (Lipinski definition) is 3. The molecular formula is C47H60N2O3. The van der Waals surface area contributed by atoms with Gasteiger partial charge in [0.2, 0.25) is 0 Å². The van der Waals surface area contributed by atoms with Gasteiger partial charge in [-0.2, -0.15) is 0 Å². The van der Waals surface area contributed by atoms with E-state index in [2.05, 4.69) is 90.7 Å². The summed E-state index contributed by atoms with van der Waals surface area (Å²) in [4.78, 5) is 43.9. The molecule has 0 spiro atoms. The van der Waals surface area contributed by atoms with E-state index >= 15 is 0 Å². The maximum Gasteiger partial charge on any atom is 0.257 e. The fourth-order valence-electron chi connectivity index (χ4n) is 7.94. The highest BCUT2D eigenvalue weighted by atomic mass is 16.2.